The van der Waals surface area contributed by atoms with Crippen molar-refractivity contribution in [2.24, 2.45) is 0 Å². The maximum absolute atomic E-state index is 6.11. The second-order valence-electron chi connectivity index (χ2n) is 6.37. The second kappa shape index (κ2) is 5.48. The number of aromatic nitrogens is 2. The highest BCUT2D eigenvalue weighted by molar-refractivity contribution is 9.10. The Bertz CT molecular complexity index is 474. The summed E-state index contributed by atoms with van der Waals surface area (Å²) in [7, 11) is 0. The van der Waals surface area contributed by atoms with E-state index in [0.717, 1.165) is 35.7 Å². The van der Waals surface area contributed by atoms with E-state index in [1.807, 2.05) is 0 Å². The number of nitrogens with zero attached hydrogens (tertiary/aromatic N) is 3. The molecule has 5 nitrogen and oxygen atoms in total. The third kappa shape index (κ3) is 3.41. The summed E-state index contributed by atoms with van der Waals surface area (Å²) in [6, 6.07) is 0. The third-order valence-electron chi connectivity index (χ3n) is 3.11. The minimum atomic E-state index is -0.204. The summed E-state index contributed by atoms with van der Waals surface area (Å²) in [5, 5.41) is 3.24. The first-order valence-electron chi connectivity index (χ1n) is 6.93. The fourth-order valence-electron chi connectivity index (χ4n) is 2.81. The molecule has 0 amide bonds. The Morgan fingerprint density at radius 1 is 1.25 bits per heavy atom. The van der Waals surface area contributed by atoms with E-state index in [1.54, 1.807) is 6.33 Å². The molecule has 0 bridgehead atoms. The Hall–Kier alpha value is -0.880. The number of hydrogen-bond acceptors (Lipinski definition) is 5. The molecule has 112 valence electrons. The zero-order chi connectivity index (χ0) is 15.0. The molecule has 0 radical (unpaired) electrons. The van der Waals surface area contributed by atoms with Gasteiger partial charge in [0.15, 0.2) is 0 Å². The van der Waals surface area contributed by atoms with Crippen LogP contribution in [0.2, 0.25) is 0 Å². The van der Waals surface area contributed by atoms with Crippen molar-refractivity contribution < 1.29 is 4.74 Å². The molecule has 20 heavy (non-hydrogen) atoms. The van der Waals surface area contributed by atoms with Crippen molar-refractivity contribution in [2.45, 2.75) is 45.8 Å². The second-order valence-corrected chi connectivity index (χ2v) is 7.16. The molecule has 1 aromatic rings. The number of rotatable bonds is 3. The maximum atomic E-state index is 6.11. The molecule has 2 heterocycles. The van der Waals surface area contributed by atoms with Gasteiger partial charge in [-0.2, -0.15) is 0 Å². The molecule has 1 aromatic heterocycles. The van der Waals surface area contributed by atoms with Gasteiger partial charge in [0.2, 0.25) is 0 Å². The SMILES string of the molecule is CCNc1ncnc(N2CC(C)(C)OC(C)(C)C2)c1Br. The lowest BCUT2D eigenvalue weighted by Crippen LogP contribution is -2.57. The first-order valence-corrected chi connectivity index (χ1v) is 7.73. The van der Waals surface area contributed by atoms with E-state index < -0.39 is 0 Å². The molecule has 1 fully saturated rings. The van der Waals surface area contributed by atoms with Crippen molar-refractivity contribution in [3.05, 3.63) is 10.8 Å². The molecule has 1 aliphatic heterocycles. The Kier molecular flexibility index (Phi) is 4.25. The summed E-state index contributed by atoms with van der Waals surface area (Å²) < 4.78 is 7.03. The predicted octanol–water partition coefficient (Wildman–Crippen LogP) is 3.06. The molecular formula is C14H23BrN4O. The zero-order valence-electron chi connectivity index (χ0n) is 12.8. The van der Waals surface area contributed by atoms with Crippen molar-refractivity contribution in [2.75, 3.05) is 29.9 Å². The van der Waals surface area contributed by atoms with Crippen LogP contribution in [0.3, 0.4) is 0 Å². The van der Waals surface area contributed by atoms with Crippen LogP contribution in [0, 0.1) is 0 Å². The molecule has 0 spiro atoms. The Labute approximate surface area is 129 Å². The van der Waals surface area contributed by atoms with Gasteiger partial charge >= 0.3 is 0 Å². The molecule has 0 aromatic carbocycles. The van der Waals surface area contributed by atoms with E-state index in [0.29, 0.717) is 0 Å². The van der Waals surface area contributed by atoms with Crippen LogP contribution < -0.4 is 10.2 Å². The summed E-state index contributed by atoms with van der Waals surface area (Å²) in [6.07, 6.45) is 1.60. The van der Waals surface area contributed by atoms with Crippen LogP contribution in [-0.4, -0.2) is 40.8 Å². The minimum Gasteiger partial charge on any atom is -0.369 e. The van der Waals surface area contributed by atoms with Crippen molar-refractivity contribution in [1.29, 1.82) is 0 Å². The zero-order valence-corrected chi connectivity index (χ0v) is 14.4. The smallest absolute Gasteiger partial charge is 0.148 e. The van der Waals surface area contributed by atoms with Gasteiger partial charge in [-0.15, -0.1) is 0 Å². The van der Waals surface area contributed by atoms with Crippen LogP contribution in [0.1, 0.15) is 34.6 Å². The lowest BCUT2D eigenvalue weighted by molar-refractivity contribution is -0.133. The van der Waals surface area contributed by atoms with Crippen molar-refractivity contribution in [3.8, 4) is 0 Å². The highest BCUT2D eigenvalue weighted by Gasteiger charge is 2.39. The number of anilines is 2. The minimum absolute atomic E-state index is 0.204. The summed E-state index contributed by atoms with van der Waals surface area (Å²) in [6.45, 7) is 12.9. The van der Waals surface area contributed by atoms with E-state index in [4.69, 9.17) is 4.74 Å². The topological polar surface area (TPSA) is 50.3 Å². The highest BCUT2D eigenvalue weighted by Crippen LogP contribution is 2.35. The van der Waals surface area contributed by atoms with Gasteiger partial charge in [0.05, 0.1) is 11.2 Å². The molecule has 1 aliphatic rings. The quantitative estimate of drug-likeness (QED) is 0.914. The summed E-state index contributed by atoms with van der Waals surface area (Å²) in [5.41, 5.74) is -0.408. The monoisotopic (exact) mass is 342 g/mol. The Morgan fingerprint density at radius 2 is 1.85 bits per heavy atom. The Morgan fingerprint density at radius 3 is 2.40 bits per heavy atom. The molecule has 0 unspecified atom stereocenters. The van der Waals surface area contributed by atoms with Crippen molar-refractivity contribution in [3.63, 3.8) is 0 Å². The molecule has 0 atom stereocenters. The molecule has 1 N–H and O–H groups in total. The first kappa shape index (κ1) is 15.5. The molecule has 0 saturated carbocycles. The lowest BCUT2D eigenvalue weighted by Gasteiger charge is -2.47. The van der Waals surface area contributed by atoms with E-state index in [1.165, 1.54) is 0 Å². The van der Waals surface area contributed by atoms with E-state index in [9.17, 15) is 0 Å². The van der Waals surface area contributed by atoms with Crippen LogP contribution in [0.25, 0.3) is 0 Å². The number of halogens is 1. The van der Waals surface area contributed by atoms with Gasteiger partial charge in [-0.25, -0.2) is 9.97 Å². The van der Waals surface area contributed by atoms with Gasteiger partial charge in [0, 0.05) is 19.6 Å². The Balaban J connectivity index is 2.33. The summed E-state index contributed by atoms with van der Waals surface area (Å²) in [5.74, 6) is 1.75. The molecule has 1 saturated heterocycles. The average molecular weight is 343 g/mol. The van der Waals surface area contributed by atoms with Gasteiger partial charge in [0.25, 0.3) is 0 Å². The van der Waals surface area contributed by atoms with Crippen LogP contribution in [0.15, 0.2) is 10.8 Å². The fourth-order valence-corrected chi connectivity index (χ4v) is 3.40. The summed E-state index contributed by atoms with van der Waals surface area (Å²) in [4.78, 5) is 11.0. The summed E-state index contributed by atoms with van der Waals surface area (Å²) >= 11 is 3.62. The van der Waals surface area contributed by atoms with Crippen LogP contribution in [0.5, 0.6) is 0 Å². The number of ether oxygens (including phenoxy) is 1. The van der Waals surface area contributed by atoms with Gasteiger partial charge < -0.3 is 15.0 Å². The van der Waals surface area contributed by atoms with Gasteiger partial charge in [0.1, 0.15) is 22.4 Å². The standard InChI is InChI=1S/C14H23BrN4O/c1-6-16-11-10(15)12(18-9-17-11)19-7-13(2,3)20-14(4,5)8-19/h9H,6-8H2,1-5H3,(H,16,17,18). The molecular weight excluding hydrogens is 320 g/mol. The van der Waals surface area contributed by atoms with E-state index in [2.05, 4.69) is 70.7 Å². The number of morpholine rings is 1. The molecule has 2 rings (SSSR count). The first-order chi connectivity index (χ1) is 9.24. The van der Waals surface area contributed by atoms with Gasteiger partial charge in [-0.05, 0) is 50.5 Å². The van der Waals surface area contributed by atoms with E-state index >= 15 is 0 Å². The molecule has 0 aliphatic carbocycles. The van der Waals surface area contributed by atoms with Crippen molar-refractivity contribution in [1.82, 2.24) is 9.97 Å². The normalized spacial score (nSPS) is 20.8. The maximum Gasteiger partial charge on any atom is 0.148 e. The van der Waals surface area contributed by atoms with Crippen LogP contribution in [0.4, 0.5) is 11.6 Å². The van der Waals surface area contributed by atoms with Gasteiger partial charge in [-0.3, -0.25) is 0 Å². The van der Waals surface area contributed by atoms with Crippen molar-refractivity contribution >= 4 is 27.6 Å². The van der Waals surface area contributed by atoms with Crippen LogP contribution in [-0.2, 0) is 4.74 Å². The predicted molar refractivity (Wildman–Crippen MR) is 85.4 cm³/mol. The van der Waals surface area contributed by atoms with Crippen LogP contribution >= 0.6 is 15.9 Å². The van der Waals surface area contributed by atoms with Gasteiger partial charge in [-0.1, -0.05) is 0 Å². The third-order valence-corrected chi connectivity index (χ3v) is 3.84. The fraction of sp³-hybridized carbons (Fsp3) is 0.714. The highest BCUT2D eigenvalue weighted by atomic mass is 79.9. The largest absolute Gasteiger partial charge is 0.369 e. The lowest BCUT2D eigenvalue weighted by atomic mass is 9.99. The number of hydrogen-bond donors (Lipinski definition) is 1. The van der Waals surface area contributed by atoms with E-state index in [-0.39, 0.29) is 11.2 Å². The number of nitrogens with one attached hydrogen (secondary N) is 1. The molecule has 6 heteroatoms. The average Bonchev–Trinajstić information content (AvgIpc) is 2.28.